The molecule has 0 saturated carbocycles. The van der Waals surface area contributed by atoms with Gasteiger partial charge in [0.2, 0.25) is 10.0 Å². The predicted octanol–water partition coefficient (Wildman–Crippen LogP) is 3.89. The van der Waals surface area contributed by atoms with Crippen molar-refractivity contribution in [3.8, 4) is 0 Å². The lowest BCUT2D eigenvalue weighted by Crippen LogP contribution is -2.23. The molecule has 0 aliphatic carbocycles. The van der Waals surface area contributed by atoms with E-state index in [1.165, 1.54) is 0 Å². The first-order valence-electron chi connectivity index (χ1n) is 5.89. The van der Waals surface area contributed by atoms with E-state index in [1.54, 1.807) is 30.3 Å². The van der Waals surface area contributed by atoms with Crippen LogP contribution in [0.15, 0.2) is 51.8 Å². The number of halogens is 2. The Morgan fingerprint density at radius 1 is 1.15 bits per heavy atom. The number of aryl methyl sites for hydroxylation is 1. The van der Waals surface area contributed by atoms with Crippen LogP contribution in [-0.2, 0) is 16.6 Å². The van der Waals surface area contributed by atoms with Gasteiger partial charge in [0.25, 0.3) is 0 Å². The lowest BCUT2D eigenvalue weighted by atomic mass is 10.1. The van der Waals surface area contributed by atoms with Gasteiger partial charge >= 0.3 is 0 Å². The lowest BCUT2D eigenvalue weighted by Gasteiger charge is -2.10. The minimum Gasteiger partial charge on any atom is -0.207 e. The Balaban J connectivity index is 2.20. The Morgan fingerprint density at radius 2 is 1.80 bits per heavy atom. The van der Waals surface area contributed by atoms with Gasteiger partial charge in [0.05, 0.1) is 4.90 Å². The van der Waals surface area contributed by atoms with Crippen LogP contribution < -0.4 is 4.72 Å². The van der Waals surface area contributed by atoms with Gasteiger partial charge in [0.1, 0.15) is 0 Å². The average Bonchev–Trinajstić information content (AvgIpc) is 2.38. The van der Waals surface area contributed by atoms with Crippen molar-refractivity contribution in [1.29, 1.82) is 0 Å². The molecule has 0 amide bonds. The summed E-state index contributed by atoms with van der Waals surface area (Å²) in [7, 11) is -3.54. The van der Waals surface area contributed by atoms with E-state index in [0.29, 0.717) is 5.02 Å². The van der Waals surface area contributed by atoms with Crippen molar-refractivity contribution < 1.29 is 8.42 Å². The highest BCUT2D eigenvalue weighted by atomic mass is 79.9. The summed E-state index contributed by atoms with van der Waals surface area (Å²) in [6, 6.07) is 12.0. The maximum absolute atomic E-state index is 12.2. The van der Waals surface area contributed by atoms with E-state index in [9.17, 15) is 8.42 Å². The summed E-state index contributed by atoms with van der Waals surface area (Å²) in [6.45, 7) is 2.07. The molecule has 0 bridgehead atoms. The topological polar surface area (TPSA) is 46.2 Å². The van der Waals surface area contributed by atoms with Crippen LogP contribution in [0, 0.1) is 6.92 Å². The highest BCUT2D eigenvalue weighted by Gasteiger charge is 2.14. The fourth-order valence-electron chi connectivity index (χ4n) is 1.75. The van der Waals surface area contributed by atoms with Crippen LogP contribution >= 0.6 is 27.5 Å². The molecule has 2 rings (SSSR count). The van der Waals surface area contributed by atoms with Crippen molar-refractivity contribution in [2.24, 2.45) is 0 Å². The SMILES string of the molecule is Cc1cccc(Cl)c1CNS(=O)(=O)c1ccc(Br)cc1. The number of nitrogens with one attached hydrogen (secondary N) is 1. The van der Waals surface area contributed by atoms with Crippen molar-refractivity contribution in [3.63, 3.8) is 0 Å². The van der Waals surface area contributed by atoms with Gasteiger partial charge in [0.15, 0.2) is 0 Å². The molecule has 106 valence electrons. The first-order chi connectivity index (χ1) is 9.40. The highest BCUT2D eigenvalue weighted by Crippen LogP contribution is 2.20. The molecule has 1 N–H and O–H groups in total. The van der Waals surface area contributed by atoms with E-state index in [2.05, 4.69) is 20.7 Å². The first-order valence-corrected chi connectivity index (χ1v) is 8.55. The van der Waals surface area contributed by atoms with Crippen LogP contribution in [0.3, 0.4) is 0 Å². The third kappa shape index (κ3) is 3.61. The van der Waals surface area contributed by atoms with Crippen molar-refractivity contribution in [3.05, 3.63) is 63.1 Å². The van der Waals surface area contributed by atoms with Gasteiger partial charge in [-0.2, -0.15) is 0 Å². The quantitative estimate of drug-likeness (QED) is 0.882. The molecule has 0 aliphatic heterocycles. The van der Waals surface area contributed by atoms with E-state index < -0.39 is 10.0 Å². The maximum Gasteiger partial charge on any atom is 0.240 e. The smallest absolute Gasteiger partial charge is 0.207 e. The molecule has 0 unspecified atom stereocenters. The summed E-state index contributed by atoms with van der Waals surface area (Å²) in [6.07, 6.45) is 0. The molecule has 0 fully saturated rings. The molecule has 6 heteroatoms. The van der Waals surface area contributed by atoms with Crippen LogP contribution in [0.1, 0.15) is 11.1 Å². The molecule has 0 saturated heterocycles. The Labute approximate surface area is 132 Å². The van der Waals surface area contributed by atoms with Gasteiger partial charge in [-0.15, -0.1) is 0 Å². The van der Waals surface area contributed by atoms with E-state index in [4.69, 9.17) is 11.6 Å². The minimum absolute atomic E-state index is 0.171. The molecule has 20 heavy (non-hydrogen) atoms. The Kier molecular flexibility index (Phi) is 4.86. The summed E-state index contributed by atoms with van der Waals surface area (Å²) in [5.41, 5.74) is 1.74. The van der Waals surface area contributed by atoms with Gasteiger partial charge in [-0.25, -0.2) is 13.1 Å². The molecule has 0 atom stereocenters. The second-order valence-corrected chi connectivity index (χ2v) is 7.40. The molecular formula is C14H13BrClNO2S. The number of rotatable bonds is 4. The lowest BCUT2D eigenvalue weighted by molar-refractivity contribution is 0.581. The molecule has 0 heterocycles. The summed E-state index contributed by atoms with van der Waals surface area (Å²) >= 11 is 9.36. The third-order valence-corrected chi connectivity index (χ3v) is 5.22. The minimum atomic E-state index is -3.54. The summed E-state index contributed by atoms with van der Waals surface area (Å²) < 4.78 is 27.7. The van der Waals surface area contributed by atoms with E-state index in [0.717, 1.165) is 15.6 Å². The van der Waals surface area contributed by atoms with Crippen LogP contribution in [0.2, 0.25) is 5.02 Å². The van der Waals surface area contributed by atoms with E-state index in [-0.39, 0.29) is 11.4 Å². The Morgan fingerprint density at radius 3 is 2.40 bits per heavy atom. The summed E-state index contributed by atoms with van der Waals surface area (Å²) in [5, 5.41) is 0.559. The van der Waals surface area contributed by atoms with Crippen LogP contribution in [0.5, 0.6) is 0 Å². The van der Waals surface area contributed by atoms with Crippen LogP contribution in [0.25, 0.3) is 0 Å². The van der Waals surface area contributed by atoms with Gasteiger partial charge in [-0.1, -0.05) is 39.7 Å². The monoisotopic (exact) mass is 373 g/mol. The molecule has 0 spiro atoms. The van der Waals surface area contributed by atoms with Crippen LogP contribution in [0.4, 0.5) is 0 Å². The second kappa shape index (κ2) is 6.26. The molecular weight excluding hydrogens is 362 g/mol. The standard InChI is InChI=1S/C14H13BrClNO2S/c1-10-3-2-4-14(16)13(10)9-17-20(18,19)12-7-5-11(15)6-8-12/h2-8,17H,9H2,1H3. The summed E-state index contributed by atoms with van der Waals surface area (Å²) in [5.74, 6) is 0. The molecule has 3 nitrogen and oxygen atoms in total. The number of hydrogen-bond acceptors (Lipinski definition) is 2. The molecule has 0 aromatic heterocycles. The van der Waals surface area contributed by atoms with Crippen molar-refractivity contribution in [2.45, 2.75) is 18.4 Å². The average molecular weight is 375 g/mol. The molecule has 2 aromatic carbocycles. The van der Waals surface area contributed by atoms with Gasteiger partial charge in [0, 0.05) is 16.0 Å². The zero-order valence-corrected chi connectivity index (χ0v) is 13.9. The largest absolute Gasteiger partial charge is 0.240 e. The van der Waals surface area contributed by atoms with Gasteiger partial charge in [-0.05, 0) is 48.4 Å². The Bertz CT molecular complexity index is 694. The van der Waals surface area contributed by atoms with E-state index in [1.807, 2.05) is 19.1 Å². The van der Waals surface area contributed by atoms with Crippen molar-refractivity contribution >= 4 is 37.6 Å². The van der Waals surface area contributed by atoms with Gasteiger partial charge in [-0.3, -0.25) is 0 Å². The van der Waals surface area contributed by atoms with E-state index >= 15 is 0 Å². The molecule has 2 aromatic rings. The predicted molar refractivity (Wildman–Crippen MR) is 84.4 cm³/mol. The fourth-order valence-corrected chi connectivity index (χ4v) is 3.30. The molecule has 0 radical (unpaired) electrons. The fraction of sp³-hybridized carbons (Fsp3) is 0.143. The maximum atomic E-state index is 12.2. The zero-order chi connectivity index (χ0) is 14.8. The normalized spacial score (nSPS) is 11.6. The zero-order valence-electron chi connectivity index (χ0n) is 10.7. The third-order valence-electron chi connectivity index (χ3n) is 2.92. The number of hydrogen-bond donors (Lipinski definition) is 1. The van der Waals surface area contributed by atoms with Crippen LogP contribution in [-0.4, -0.2) is 8.42 Å². The van der Waals surface area contributed by atoms with Crippen molar-refractivity contribution in [1.82, 2.24) is 4.72 Å². The second-order valence-electron chi connectivity index (χ2n) is 4.31. The number of benzene rings is 2. The molecule has 0 aliphatic rings. The van der Waals surface area contributed by atoms with Crippen molar-refractivity contribution in [2.75, 3.05) is 0 Å². The highest BCUT2D eigenvalue weighted by molar-refractivity contribution is 9.10. The number of sulfonamides is 1. The van der Waals surface area contributed by atoms with Gasteiger partial charge < -0.3 is 0 Å². The first kappa shape index (κ1) is 15.5. The Hall–Kier alpha value is -0.880. The summed E-state index contributed by atoms with van der Waals surface area (Å²) in [4.78, 5) is 0.227.